The van der Waals surface area contributed by atoms with Crippen LogP contribution in [-0.4, -0.2) is 24.9 Å². The number of halogens is 2. The molecule has 132 valence electrons. The summed E-state index contributed by atoms with van der Waals surface area (Å²) in [7, 11) is 1.94. The van der Waals surface area contributed by atoms with Crippen molar-refractivity contribution in [1.29, 1.82) is 0 Å². The first-order valence-corrected chi connectivity index (χ1v) is 8.73. The van der Waals surface area contributed by atoms with Crippen molar-refractivity contribution in [2.45, 2.75) is 6.92 Å². The van der Waals surface area contributed by atoms with E-state index in [1.54, 1.807) is 6.92 Å². The molecule has 4 N–H and O–H groups in total. The SMILES string of the molecule is C/C(N)=C(\c1ccc(Br)cc1N(C)c1ccc(Cl)cc1)N(N)CC=O. The highest BCUT2D eigenvalue weighted by Crippen LogP contribution is 2.35. The third-order valence-corrected chi connectivity index (χ3v) is 4.47. The van der Waals surface area contributed by atoms with Gasteiger partial charge in [0.1, 0.15) is 6.29 Å². The number of nitrogens with zero attached hydrogens (tertiary/aromatic N) is 2. The van der Waals surface area contributed by atoms with Crippen LogP contribution in [0.4, 0.5) is 11.4 Å². The van der Waals surface area contributed by atoms with Crippen LogP contribution in [0.25, 0.3) is 5.70 Å². The molecule has 2 aromatic rings. The summed E-state index contributed by atoms with van der Waals surface area (Å²) < 4.78 is 0.917. The first kappa shape index (κ1) is 19.3. The molecule has 0 spiro atoms. The first-order chi connectivity index (χ1) is 11.8. The van der Waals surface area contributed by atoms with E-state index in [4.69, 9.17) is 23.2 Å². The van der Waals surface area contributed by atoms with Crippen molar-refractivity contribution in [3.05, 3.63) is 63.2 Å². The summed E-state index contributed by atoms with van der Waals surface area (Å²) in [4.78, 5) is 12.9. The zero-order valence-corrected chi connectivity index (χ0v) is 16.4. The Morgan fingerprint density at radius 3 is 2.44 bits per heavy atom. The lowest BCUT2D eigenvalue weighted by atomic mass is 10.1. The molecule has 0 saturated heterocycles. The monoisotopic (exact) mass is 422 g/mol. The molecule has 5 nitrogen and oxygen atoms in total. The Labute approximate surface area is 160 Å². The minimum atomic E-state index is 0.0457. The molecule has 0 aliphatic rings. The third kappa shape index (κ3) is 4.54. The number of hydrogen-bond donors (Lipinski definition) is 2. The highest BCUT2D eigenvalue weighted by atomic mass is 79.9. The standard InChI is InChI=1S/C18H20BrClN4O/c1-12(21)18(24(22)9-10-25)16-8-3-13(19)11-17(16)23(2)15-6-4-14(20)5-7-15/h3-8,10-11H,9,21-22H2,1-2H3/b18-12-. The fraction of sp³-hybridized carbons (Fsp3) is 0.167. The van der Waals surface area contributed by atoms with Crippen LogP contribution in [0, 0.1) is 0 Å². The molecule has 0 bridgehead atoms. The number of allylic oxidation sites excluding steroid dienone is 1. The second-order valence-corrected chi connectivity index (χ2v) is 6.90. The smallest absolute Gasteiger partial charge is 0.140 e. The Morgan fingerprint density at radius 2 is 1.88 bits per heavy atom. The molecule has 0 aliphatic carbocycles. The highest BCUT2D eigenvalue weighted by Gasteiger charge is 2.18. The zero-order chi connectivity index (χ0) is 18.6. The maximum absolute atomic E-state index is 10.9. The summed E-state index contributed by atoms with van der Waals surface area (Å²) in [6.45, 7) is 1.80. The van der Waals surface area contributed by atoms with Crippen LogP contribution in [0.15, 0.2) is 52.6 Å². The van der Waals surface area contributed by atoms with Gasteiger partial charge < -0.3 is 20.4 Å². The number of rotatable bonds is 6. The molecule has 2 aromatic carbocycles. The van der Waals surface area contributed by atoms with Gasteiger partial charge >= 0.3 is 0 Å². The zero-order valence-electron chi connectivity index (χ0n) is 14.0. The molecule has 0 fully saturated rings. The van der Waals surface area contributed by atoms with Crippen LogP contribution in [0.3, 0.4) is 0 Å². The van der Waals surface area contributed by atoms with Gasteiger partial charge in [0, 0.05) is 33.5 Å². The summed E-state index contributed by atoms with van der Waals surface area (Å²) in [5.74, 6) is 6.04. The molecule has 0 atom stereocenters. The van der Waals surface area contributed by atoms with Crippen molar-refractivity contribution in [3.63, 3.8) is 0 Å². The van der Waals surface area contributed by atoms with E-state index in [2.05, 4.69) is 15.9 Å². The molecule has 7 heteroatoms. The Morgan fingerprint density at radius 1 is 1.24 bits per heavy atom. The van der Waals surface area contributed by atoms with Crippen molar-refractivity contribution < 1.29 is 4.79 Å². The van der Waals surface area contributed by atoms with E-state index < -0.39 is 0 Å². The molecule has 0 radical (unpaired) electrons. The largest absolute Gasteiger partial charge is 0.401 e. The van der Waals surface area contributed by atoms with Gasteiger partial charge in [-0.05, 0) is 49.4 Å². The molecule has 0 unspecified atom stereocenters. The summed E-state index contributed by atoms with van der Waals surface area (Å²) in [6.07, 6.45) is 0.740. The lowest BCUT2D eigenvalue weighted by molar-refractivity contribution is -0.108. The van der Waals surface area contributed by atoms with Crippen molar-refractivity contribution >= 4 is 50.9 Å². The van der Waals surface area contributed by atoms with E-state index in [0.717, 1.165) is 27.7 Å². The summed E-state index contributed by atoms with van der Waals surface area (Å²) in [5.41, 5.74) is 9.86. The molecule has 0 amide bonds. The molecule has 0 saturated carbocycles. The van der Waals surface area contributed by atoms with Crippen molar-refractivity contribution in [2.75, 3.05) is 18.5 Å². The summed E-state index contributed by atoms with van der Waals surface area (Å²) in [6, 6.07) is 13.3. The number of benzene rings is 2. The topological polar surface area (TPSA) is 75.6 Å². The van der Waals surface area contributed by atoms with Crippen LogP contribution >= 0.6 is 27.5 Å². The quantitative estimate of drug-likeness (QED) is 0.419. The van der Waals surface area contributed by atoms with E-state index in [1.165, 1.54) is 5.01 Å². The Kier molecular flexibility index (Phi) is 6.47. The average molecular weight is 424 g/mol. The van der Waals surface area contributed by atoms with Gasteiger partial charge in [0.25, 0.3) is 0 Å². The minimum Gasteiger partial charge on any atom is -0.401 e. The lowest BCUT2D eigenvalue weighted by Gasteiger charge is -2.28. The van der Waals surface area contributed by atoms with Gasteiger partial charge in [-0.25, -0.2) is 5.84 Å². The van der Waals surface area contributed by atoms with E-state index in [0.29, 0.717) is 16.4 Å². The number of aldehydes is 1. The number of hydrazine groups is 1. The first-order valence-electron chi connectivity index (χ1n) is 7.56. The van der Waals surface area contributed by atoms with Gasteiger partial charge in [-0.3, -0.25) is 0 Å². The molecule has 2 rings (SSSR count). The fourth-order valence-electron chi connectivity index (χ4n) is 2.55. The van der Waals surface area contributed by atoms with Crippen LogP contribution in [0.2, 0.25) is 5.02 Å². The maximum Gasteiger partial charge on any atom is 0.140 e. The van der Waals surface area contributed by atoms with E-state index in [1.807, 2.05) is 54.4 Å². The Bertz CT molecular complexity index is 788. The van der Waals surface area contributed by atoms with Gasteiger partial charge in [0.2, 0.25) is 0 Å². The second-order valence-electron chi connectivity index (χ2n) is 5.55. The van der Waals surface area contributed by atoms with Gasteiger partial charge in [-0.15, -0.1) is 0 Å². The summed E-state index contributed by atoms with van der Waals surface area (Å²) >= 11 is 9.49. The van der Waals surface area contributed by atoms with Crippen molar-refractivity contribution in [1.82, 2.24) is 5.01 Å². The van der Waals surface area contributed by atoms with Crippen molar-refractivity contribution in [2.24, 2.45) is 11.6 Å². The summed E-state index contributed by atoms with van der Waals surface area (Å²) in [5, 5.41) is 2.02. The number of carbonyl (C=O) groups excluding carboxylic acids is 1. The Hall–Kier alpha value is -2.02. The van der Waals surface area contributed by atoms with E-state index >= 15 is 0 Å². The minimum absolute atomic E-state index is 0.0457. The number of carbonyl (C=O) groups is 1. The maximum atomic E-state index is 10.9. The highest BCUT2D eigenvalue weighted by molar-refractivity contribution is 9.10. The predicted octanol–water partition coefficient (Wildman–Crippen LogP) is 3.89. The van der Waals surface area contributed by atoms with Gasteiger partial charge in [-0.1, -0.05) is 27.5 Å². The van der Waals surface area contributed by atoms with Gasteiger partial charge in [0.15, 0.2) is 0 Å². The van der Waals surface area contributed by atoms with Gasteiger partial charge in [0.05, 0.1) is 17.9 Å². The molecular formula is C18H20BrClN4O. The molecular weight excluding hydrogens is 404 g/mol. The lowest BCUT2D eigenvalue weighted by Crippen LogP contribution is -2.33. The second kappa shape index (κ2) is 8.38. The third-order valence-electron chi connectivity index (χ3n) is 3.72. The fourth-order valence-corrected chi connectivity index (χ4v) is 3.03. The molecule has 25 heavy (non-hydrogen) atoms. The number of anilines is 2. The molecule has 0 aromatic heterocycles. The predicted molar refractivity (Wildman–Crippen MR) is 107 cm³/mol. The van der Waals surface area contributed by atoms with Crippen LogP contribution in [0.1, 0.15) is 12.5 Å². The molecule has 0 heterocycles. The van der Waals surface area contributed by atoms with Crippen LogP contribution < -0.4 is 16.5 Å². The van der Waals surface area contributed by atoms with E-state index in [9.17, 15) is 4.79 Å². The number of nitrogens with two attached hydrogens (primary N) is 2. The van der Waals surface area contributed by atoms with Crippen molar-refractivity contribution in [3.8, 4) is 0 Å². The van der Waals surface area contributed by atoms with Crippen LogP contribution in [-0.2, 0) is 4.79 Å². The molecule has 0 aliphatic heterocycles. The normalized spacial score (nSPS) is 11.7. The van der Waals surface area contributed by atoms with E-state index in [-0.39, 0.29) is 6.54 Å². The Balaban J connectivity index is 2.58. The average Bonchev–Trinajstić information content (AvgIpc) is 2.56. The van der Waals surface area contributed by atoms with Crippen LogP contribution in [0.5, 0.6) is 0 Å². The number of hydrogen-bond acceptors (Lipinski definition) is 5. The van der Waals surface area contributed by atoms with Gasteiger partial charge in [-0.2, -0.15) is 0 Å².